The highest BCUT2D eigenvalue weighted by Gasteiger charge is 2.28. The lowest BCUT2D eigenvalue weighted by atomic mass is 10.0. The third-order valence-electron chi connectivity index (χ3n) is 5.16. The molecule has 0 spiro atoms. The minimum absolute atomic E-state index is 0.109. The van der Waals surface area contributed by atoms with Gasteiger partial charge in [-0.1, -0.05) is 73.8 Å². The summed E-state index contributed by atoms with van der Waals surface area (Å²) in [5.41, 5.74) is 2.89. The summed E-state index contributed by atoms with van der Waals surface area (Å²) in [7, 11) is 0. The molecule has 0 aliphatic rings. The lowest BCUT2D eigenvalue weighted by molar-refractivity contribution is -0.140. The summed E-state index contributed by atoms with van der Waals surface area (Å²) in [4.78, 5) is 27.9. The van der Waals surface area contributed by atoms with Gasteiger partial charge in [0, 0.05) is 13.1 Å². The Bertz CT molecular complexity index is 870. The van der Waals surface area contributed by atoms with E-state index in [1.807, 2.05) is 38.1 Å². The number of hydrogen-bond acceptors (Lipinski definition) is 2. The summed E-state index contributed by atoms with van der Waals surface area (Å²) in [5, 5.41) is 3.84. The lowest BCUT2D eigenvalue weighted by Crippen LogP contribution is -2.49. The van der Waals surface area contributed by atoms with Crippen LogP contribution in [0.5, 0.6) is 0 Å². The minimum Gasteiger partial charge on any atom is -0.354 e. The van der Waals surface area contributed by atoms with Gasteiger partial charge in [-0.05, 0) is 48.6 Å². The maximum Gasteiger partial charge on any atom is 0.242 e. The number of nitrogens with zero attached hydrogens (tertiary/aromatic N) is 1. The first-order valence-electron chi connectivity index (χ1n) is 10.4. The van der Waals surface area contributed by atoms with Gasteiger partial charge in [-0.2, -0.15) is 0 Å². The molecular formula is C24H30Cl2N2O2. The molecule has 2 aromatic carbocycles. The molecule has 30 heavy (non-hydrogen) atoms. The van der Waals surface area contributed by atoms with Crippen molar-refractivity contribution in [2.45, 2.75) is 59.0 Å². The van der Waals surface area contributed by atoms with E-state index in [9.17, 15) is 9.59 Å². The number of unbranched alkanes of at least 4 members (excludes halogenated alkanes) is 1. The molecule has 4 nitrogen and oxygen atoms in total. The molecule has 1 atom stereocenters. The Morgan fingerprint density at radius 1 is 1.07 bits per heavy atom. The van der Waals surface area contributed by atoms with Gasteiger partial charge in [-0.3, -0.25) is 9.59 Å². The van der Waals surface area contributed by atoms with Crippen LogP contribution in [0.15, 0.2) is 42.5 Å². The summed E-state index contributed by atoms with van der Waals surface area (Å²) in [6, 6.07) is 12.6. The van der Waals surface area contributed by atoms with Crippen molar-refractivity contribution in [1.82, 2.24) is 10.2 Å². The zero-order valence-electron chi connectivity index (χ0n) is 17.9. The van der Waals surface area contributed by atoms with Gasteiger partial charge in [-0.25, -0.2) is 0 Å². The van der Waals surface area contributed by atoms with Gasteiger partial charge in [-0.15, -0.1) is 0 Å². The molecule has 6 heteroatoms. The van der Waals surface area contributed by atoms with E-state index in [4.69, 9.17) is 23.2 Å². The molecule has 0 radical (unpaired) electrons. The van der Waals surface area contributed by atoms with Gasteiger partial charge >= 0.3 is 0 Å². The van der Waals surface area contributed by atoms with Gasteiger partial charge in [0.15, 0.2) is 0 Å². The quantitative estimate of drug-likeness (QED) is 0.483. The number of benzene rings is 2. The molecule has 0 aliphatic carbocycles. The fraction of sp³-hybridized carbons (Fsp3) is 0.417. The Kier molecular flexibility index (Phi) is 9.67. The monoisotopic (exact) mass is 448 g/mol. The first-order chi connectivity index (χ1) is 14.4. The van der Waals surface area contributed by atoms with Crippen molar-refractivity contribution in [2.24, 2.45) is 0 Å². The fourth-order valence-electron chi connectivity index (χ4n) is 3.32. The third kappa shape index (κ3) is 6.75. The van der Waals surface area contributed by atoms with Crippen molar-refractivity contribution in [3.05, 3.63) is 69.2 Å². The molecule has 0 heterocycles. The third-order valence-corrected chi connectivity index (χ3v) is 5.90. The molecule has 0 bridgehead atoms. The number of carbonyl (C=O) groups excluding carboxylic acids is 2. The maximum atomic E-state index is 13.3. The molecule has 0 aliphatic heterocycles. The zero-order valence-corrected chi connectivity index (χ0v) is 19.4. The van der Waals surface area contributed by atoms with Crippen LogP contribution in [-0.4, -0.2) is 29.3 Å². The van der Waals surface area contributed by atoms with Gasteiger partial charge in [0.1, 0.15) is 6.04 Å². The van der Waals surface area contributed by atoms with Crippen LogP contribution in [0.25, 0.3) is 0 Å². The Labute approximate surface area is 189 Å². The largest absolute Gasteiger partial charge is 0.354 e. The summed E-state index contributed by atoms with van der Waals surface area (Å²) >= 11 is 12.1. The molecule has 2 rings (SSSR count). The molecule has 0 fully saturated rings. The highest BCUT2D eigenvalue weighted by atomic mass is 35.5. The average Bonchev–Trinajstić information content (AvgIpc) is 2.72. The van der Waals surface area contributed by atoms with E-state index in [-0.39, 0.29) is 18.2 Å². The lowest BCUT2D eigenvalue weighted by Gasteiger charge is -2.31. The Morgan fingerprint density at radius 3 is 2.43 bits per heavy atom. The number of halogens is 2. The molecule has 1 N–H and O–H groups in total. The molecule has 1 unspecified atom stereocenters. The van der Waals surface area contributed by atoms with E-state index in [1.165, 1.54) is 0 Å². The Balaban J connectivity index is 2.28. The van der Waals surface area contributed by atoms with Gasteiger partial charge in [0.25, 0.3) is 0 Å². The molecule has 0 aromatic heterocycles. The van der Waals surface area contributed by atoms with Crippen LogP contribution in [0.4, 0.5) is 0 Å². The summed E-state index contributed by atoms with van der Waals surface area (Å²) in [5.74, 6) is -0.226. The van der Waals surface area contributed by atoms with Crippen molar-refractivity contribution in [3.8, 4) is 0 Å². The minimum atomic E-state index is -0.531. The van der Waals surface area contributed by atoms with Crippen molar-refractivity contribution >= 4 is 35.0 Å². The second kappa shape index (κ2) is 12.0. The second-order valence-corrected chi connectivity index (χ2v) is 8.26. The number of amides is 2. The van der Waals surface area contributed by atoms with Crippen LogP contribution in [-0.2, 0) is 22.6 Å². The van der Waals surface area contributed by atoms with Crippen LogP contribution >= 0.6 is 23.2 Å². The first kappa shape index (κ1) is 24.2. The highest BCUT2D eigenvalue weighted by Crippen LogP contribution is 2.24. The molecule has 2 aromatic rings. The number of hydrogen-bond donors (Lipinski definition) is 1. The van der Waals surface area contributed by atoms with Gasteiger partial charge < -0.3 is 10.2 Å². The first-order valence-corrected chi connectivity index (χ1v) is 11.2. The van der Waals surface area contributed by atoms with E-state index in [0.29, 0.717) is 29.6 Å². The maximum absolute atomic E-state index is 13.3. The average molecular weight is 449 g/mol. The number of aryl methyl sites for hydroxylation is 1. The van der Waals surface area contributed by atoms with Crippen molar-refractivity contribution in [3.63, 3.8) is 0 Å². The zero-order chi connectivity index (χ0) is 22.1. The number of nitrogens with one attached hydrogen (secondary N) is 1. The standard InChI is InChI=1S/C24H30Cl2N2O2/c1-4-6-13-27-24(30)22(5-2)28(16-19-10-8-7-9-17(19)3)23(29)15-18-11-12-20(25)21(26)14-18/h7-12,14,22H,4-6,13,15-16H2,1-3H3,(H,27,30). The molecule has 2 amide bonds. The summed E-state index contributed by atoms with van der Waals surface area (Å²) in [6.45, 7) is 7.02. The number of rotatable bonds is 10. The van der Waals surface area contributed by atoms with E-state index in [0.717, 1.165) is 29.5 Å². The molecule has 162 valence electrons. The van der Waals surface area contributed by atoms with Crippen LogP contribution in [0.3, 0.4) is 0 Å². The van der Waals surface area contributed by atoms with Crippen LogP contribution < -0.4 is 5.32 Å². The number of carbonyl (C=O) groups is 2. The van der Waals surface area contributed by atoms with Gasteiger partial charge in [0.05, 0.1) is 16.5 Å². The predicted octanol–water partition coefficient (Wildman–Crippen LogP) is 5.57. The summed E-state index contributed by atoms with van der Waals surface area (Å²) in [6.07, 6.45) is 2.61. The van der Waals surface area contributed by atoms with E-state index in [1.54, 1.807) is 23.1 Å². The fourth-order valence-corrected chi connectivity index (χ4v) is 3.64. The highest BCUT2D eigenvalue weighted by molar-refractivity contribution is 6.42. The second-order valence-electron chi connectivity index (χ2n) is 7.44. The van der Waals surface area contributed by atoms with Crippen molar-refractivity contribution in [2.75, 3.05) is 6.54 Å². The predicted molar refractivity (Wildman–Crippen MR) is 124 cm³/mol. The molecule has 0 saturated carbocycles. The van der Waals surface area contributed by atoms with Gasteiger partial charge in [0.2, 0.25) is 11.8 Å². The van der Waals surface area contributed by atoms with Crippen LogP contribution in [0.1, 0.15) is 49.8 Å². The topological polar surface area (TPSA) is 49.4 Å². The van der Waals surface area contributed by atoms with Crippen molar-refractivity contribution in [1.29, 1.82) is 0 Å². The van der Waals surface area contributed by atoms with E-state index < -0.39 is 6.04 Å². The SMILES string of the molecule is CCCCNC(=O)C(CC)N(Cc1ccccc1C)C(=O)Cc1ccc(Cl)c(Cl)c1. The van der Waals surface area contributed by atoms with Crippen LogP contribution in [0.2, 0.25) is 10.0 Å². The Morgan fingerprint density at radius 2 is 1.80 bits per heavy atom. The Hall–Kier alpha value is -2.04. The van der Waals surface area contributed by atoms with Crippen LogP contribution in [0, 0.1) is 6.92 Å². The summed E-state index contributed by atoms with van der Waals surface area (Å²) < 4.78 is 0. The smallest absolute Gasteiger partial charge is 0.242 e. The van der Waals surface area contributed by atoms with E-state index >= 15 is 0 Å². The molecular weight excluding hydrogens is 419 g/mol. The molecule has 0 saturated heterocycles. The van der Waals surface area contributed by atoms with E-state index in [2.05, 4.69) is 12.2 Å². The van der Waals surface area contributed by atoms with Crippen molar-refractivity contribution < 1.29 is 9.59 Å². The normalized spacial score (nSPS) is 11.8.